The second-order valence-corrected chi connectivity index (χ2v) is 3.40. The quantitative estimate of drug-likeness (QED) is 0.501. The molecule has 0 aliphatic rings. The molecule has 0 saturated carbocycles. The minimum atomic E-state index is 0.0648. The molecule has 0 fully saturated rings. The molecule has 3 nitrogen and oxygen atoms in total. The number of nitriles is 1. The molecular weight excluding hydrogens is 252 g/mol. The number of hydrogen-bond acceptors (Lipinski definition) is 3. The van der Waals surface area contributed by atoms with E-state index in [9.17, 15) is 0 Å². The van der Waals surface area contributed by atoms with Gasteiger partial charge in [-0.05, 0) is 28.1 Å². The normalized spacial score (nSPS) is 10.9. The van der Waals surface area contributed by atoms with Gasteiger partial charge in [-0.3, -0.25) is 0 Å². The number of halogens is 1. The van der Waals surface area contributed by atoms with Gasteiger partial charge in [0, 0.05) is 6.08 Å². The van der Waals surface area contributed by atoms with Gasteiger partial charge >= 0.3 is 0 Å². The van der Waals surface area contributed by atoms with Gasteiger partial charge in [-0.2, -0.15) is 5.26 Å². The fourth-order valence-corrected chi connectivity index (χ4v) is 1.13. The third-order valence-electron chi connectivity index (χ3n) is 1.27. The average molecular weight is 257 g/mol. The van der Waals surface area contributed by atoms with Gasteiger partial charge in [0.05, 0.1) is 5.57 Å². The largest absolute Gasteiger partial charge is 0.450 e. The molecule has 2 N–H and O–H groups in total. The Balaban J connectivity index is 3.00. The topological polar surface area (TPSA) is 63.0 Å². The van der Waals surface area contributed by atoms with Crippen molar-refractivity contribution in [1.82, 2.24) is 0 Å². The smallest absolute Gasteiger partial charge is 0.169 e. The highest BCUT2D eigenvalue weighted by molar-refractivity contribution is 9.10. The Kier molecular flexibility index (Phi) is 3.23. The van der Waals surface area contributed by atoms with E-state index in [0.29, 0.717) is 10.4 Å². The Morgan fingerprint density at radius 2 is 2.38 bits per heavy atom. The number of nitrogens with two attached hydrogens (primary N) is 1. The summed E-state index contributed by atoms with van der Waals surface area (Å²) in [6, 6.07) is 5.31. The van der Waals surface area contributed by atoms with Crippen LogP contribution in [0.2, 0.25) is 0 Å². The summed E-state index contributed by atoms with van der Waals surface area (Å²) in [5.41, 5.74) is 5.52. The molecule has 1 aromatic rings. The van der Waals surface area contributed by atoms with E-state index in [1.54, 1.807) is 12.1 Å². The first-order valence-electron chi connectivity index (χ1n) is 3.30. The van der Waals surface area contributed by atoms with Crippen molar-refractivity contribution in [2.75, 3.05) is 0 Å². The molecule has 0 aliphatic carbocycles. The van der Waals surface area contributed by atoms with Crippen molar-refractivity contribution in [1.29, 1.82) is 5.26 Å². The van der Waals surface area contributed by atoms with Crippen molar-refractivity contribution in [3.8, 4) is 6.07 Å². The molecule has 0 radical (unpaired) electrons. The second-order valence-electron chi connectivity index (χ2n) is 2.18. The highest BCUT2D eigenvalue weighted by atomic mass is 79.9. The Morgan fingerprint density at radius 3 is 2.77 bits per heavy atom. The summed E-state index contributed by atoms with van der Waals surface area (Å²) >= 11 is 7.79. The number of nitrogens with zero attached hydrogens (tertiary/aromatic N) is 1. The van der Waals surface area contributed by atoms with Crippen LogP contribution < -0.4 is 5.73 Å². The van der Waals surface area contributed by atoms with Gasteiger partial charge in [0.25, 0.3) is 0 Å². The molecule has 1 rings (SSSR count). The summed E-state index contributed by atoms with van der Waals surface area (Å²) in [6.07, 6.45) is 1.49. The van der Waals surface area contributed by atoms with Gasteiger partial charge in [-0.1, -0.05) is 12.2 Å². The van der Waals surface area contributed by atoms with Crippen LogP contribution in [0.1, 0.15) is 5.76 Å². The van der Waals surface area contributed by atoms with Crippen LogP contribution in [-0.4, -0.2) is 4.99 Å². The van der Waals surface area contributed by atoms with E-state index in [0.717, 1.165) is 0 Å². The molecule has 1 heterocycles. The zero-order valence-electron chi connectivity index (χ0n) is 6.45. The predicted octanol–water partition coefficient (Wildman–Crippen LogP) is 2.24. The third-order valence-corrected chi connectivity index (χ3v) is 1.91. The van der Waals surface area contributed by atoms with Crippen LogP contribution in [0.4, 0.5) is 0 Å². The van der Waals surface area contributed by atoms with Crippen LogP contribution in [0.3, 0.4) is 0 Å². The number of rotatable bonds is 2. The second kappa shape index (κ2) is 4.21. The van der Waals surface area contributed by atoms with Crippen molar-refractivity contribution in [2.24, 2.45) is 5.73 Å². The van der Waals surface area contributed by atoms with Crippen LogP contribution in [0.15, 0.2) is 26.8 Å². The lowest BCUT2D eigenvalue weighted by molar-refractivity contribution is 0.531. The minimum absolute atomic E-state index is 0.0648. The lowest BCUT2D eigenvalue weighted by Crippen LogP contribution is -2.09. The van der Waals surface area contributed by atoms with E-state index in [1.807, 2.05) is 6.07 Å². The standard InChI is InChI=1S/C8H5BrN2OS/c9-7-2-1-6(12-7)3-5(4-10)8(11)13/h1-3H,(H2,11,13)/b5-3+. The fraction of sp³-hybridized carbons (Fsp3) is 0. The first-order chi connectivity index (χ1) is 6.13. The van der Waals surface area contributed by atoms with E-state index in [2.05, 4.69) is 28.1 Å². The highest BCUT2D eigenvalue weighted by Gasteiger charge is 2.01. The summed E-state index contributed by atoms with van der Waals surface area (Å²) in [7, 11) is 0. The first-order valence-corrected chi connectivity index (χ1v) is 4.50. The molecule has 0 bridgehead atoms. The van der Waals surface area contributed by atoms with Crippen LogP contribution in [0, 0.1) is 11.3 Å². The van der Waals surface area contributed by atoms with Crippen molar-refractivity contribution < 1.29 is 4.42 Å². The number of furan rings is 1. The Morgan fingerprint density at radius 1 is 1.69 bits per heavy atom. The fourth-order valence-electron chi connectivity index (χ4n) is 0.707. The highest BCUT2D eigenvalue weighted by Crippen LogP contribution is 2.16. The summed E-state index contributed by atoms with van der Waals surface area (Å²) in [5, 5.41) is 8.63. The van der Waals surface area contributed by atoms with Gasteiger partial charge in [-0.15, -0.1) is 0 Å². The Labute approximate surface area is 89.0 Å². The van der Waals surface area contributed by atoms with Crippen LogP contribution >= 0.6 is 28.1 Å². The molecule has 66 valence electrons. The maximum absolute atomic E-state index is 8.63. The maximum Gasteiger partial charge on any atom is 0.169 e. The molecule has 0 aliphatic heterocycles. The zero-order chi connectivity index (χ0) is 9.84. The molecule has 0 saturated heterocycles. The van der Waals surface area contributed by atoms with E-state index < -0.39 is 0 Å². The van der Waals surface area contributed by atoms with Crippen LogP contribution in [0.5, 0.6) is 0 Å². The summed E-state index contributed by atoms with van der Waals surface area (Å²) in [4.78, 5) is 0.0648. The molecule has 0 spiro atoms. The molecular formula is C8H5BrN2OS. The molecule has 1 aromatic heterocycles. The summed E-state index contributed by atoms with van der Waals surface area (Å²) < 4.78 is 5.74. The monoisotopic (exact) mass is 256 g/mol. The van der Waals surface area contributed by atoms with E-state index in [4.69, 9.17) is 15.4 Å². The lowest BCUT2D eigenvalue weighted by atomic mass is 10.2. The van der Waals surface area contributed by atoms with Crippen LogP contribution in [0.25, 0.3) is 6.08 Å². The van der Waals surface area contributed by atoms with Crippen molar-refractivity contribution in [3.63, 3.8) is 0 Å². The molecule has 5 heteroatoms. The SMILES string of the molecule is N#C/C(=C\c1ccc(Br)o1)C(N)=S. The maximum atomic E-state index is 8.63. The number of hydrogen-bond donors (Lipinski definition) is 1. The Hall–Kier alpha value is -1.12. The van der Waals surface area contributed by atoms with Gasteiger partial charge in [0.1, 0.15) is 16.8 Å². The third kappa shape index (κ3) is 2.68. The number of thiocarbonyl (C=S) groups is 1. The molecule has 0 amide bonds. The first kappa shape index (κ1) is 9.96. The minimum Gasteiger partial charge on any atom is -0.450 e. The summed E-state index contributed by atoms with van der Waals surface area (Å²) in [6.45, 7) is 0. The predicted molar refractivity (Wildman–Crippen MR) is 56.8 cm³/mol. The molecule has 0 aromatic carbocycles. The van der Waals surface area contributed by atoms with Gasteiger partial charge in [0.2, 0.25) is 0 Å². The van der Waals surface area contributed by atoms with Crippen molar-refractivity contribution in [3.05, 3.63) is 28.1 Å². The summed E-state index contributed by atoms with van der Waals surface area (Å²) in [5.74, 6) is 0.538. The van der Waals surface area contributed by atoms with Gasteiger partial charge in [-0.25, -0.2) is 0 Å². The molecule has 13 heavy (non-hydrogen) atoms. The van der Waals surface area contributed by atoms with E-state index >= 15 is 0 Å². The van der Waals surface area contributed by atoms with E-state index in [1.165, 1.54) is 6.08 Å². The van der Waals surface area contributed by atoms with Gasteiger partial charge in [0.15, 0.2) is 4.67 Å². The average Bonchev–Trinajstić information content (AvgIpc) is 2.46. The zero-order valence-corrected chi connectivity index (χ0v) is 8.85. The Bertz CT molecular complexity index is 403. The molecule has 0 atom stereocenters. The molecule has 0 unspecified atom stereocenters. The van der Waals surface area contributed by atoms with Crippen molar-refractivity contribution >= 4 is 39.2 Å². The van der Waals surface area contributed by atoms with Crippen LogP contribution in [-0.2, 0) is 0 Å². The van der Waals surface area contributed by atoms with Crippen molar-refractivity contribution in [2.45, 2.75) is 0 Å². The van der Waals surface area contributed by atoms with Gasteiger partial charge < -0.3 is 10.2 Å². The lowest BCUT2D eigenvalue weighted by Gasteiger charge is -1.91. The van der Waals surface area contributed by atoms with E-state index in [-0.39, 0.29) is 10.6 Å².